The first-order valence-electron chi connectivity index (χ1n) is 6.51. The lowest BCUT2D eigenvalue weighted by atomic mass is 10.2. The molecule has 2 rings (SSSR count). The van der Waals surface area contributed by atoms with Gasteiger partial charge in [0, 0.05) is 33.9 Å². The van der Waals surface area contributed by atoms with Crippen molar-refractivity contribution in [1.82, 2.24) is 9.55 Å². The summed E-state index contributed by atoms with van der Waals surface area (Å²) in [5.41, 5.74) is 1.87. The van der Waals surface area contributed by atoms with E-state index in [4.69, 9.17) is 23.2 Å². The van der Waals surface area contributed by atoms with Crippen LogP contribution in [0.15, 0.2) is 18.2 Å². The Morgan fingerprint density at radius 3 is 2.70 bits per heavy atom. The number of benzene rings is 1. The second-order valence-electron chi connectivity index (χ2n) is 5.00. The molecule has 0 fully saturated rings. The van der Waals surface area contributed by atoms with E-state index in [1.165, 1.54) is 0 Å². The van der Waals surface area contributed by atoms with E-state index >= 15 is 0 Å². The molecular weight excluding hydrogens is 315 g/mol. The molecule has 0 aliphatic carbocycles. The molecule has 3 unspecified atom stereocenters. The number of hydrogen-bond acceptors (Lipinski definition) is 2. The highest BCUT2D eigenvalue weighted by molar-refractivity contribution is 7.84. The number of hydrogen-bond donors (Lipinski definition) is 0. The average Bonchev–Trinajstić information content (AvgIpc) is 2.74. The van der Waals surface area contributed by atoms with E-state index in [0.717, 1.165) is 23.3 Å². The number of halogens is 2. The Kier molecular flexibility index (Phi) is 5.10. The van der Waals surface area contributed by atoms with Crippen LogP contribution in [0.25, 0.3) is 11.0 Å². The van der Waals surface area contributed by atoms with Crippen LogP contribution in [-0.2, 0) is 10.8 Å². The van der Waals surface area contributed by atoms with Crippen LogP contribution in [0.2, 0.25) is 5.02 Å². The summed E-state index contributed by atoms with van der Waals surface area (Å²) in [4.78, 5) is 4.60. The van der Waals surface area contributed by atoms with Gasteiger partial charge in [-0.05, 0) is 38.5 Å². The predicted octanol–water partition coefficient (Wildman–Crippen LogP) is 4.32. The first-order chi connectivity index (χ1) is 9.40. The Bertz CT molecular complexity index is 639. The molecule has 110 valence electrons. The summed E-state index contributed by atoms with van der Waals surface area (Å²) in [6, 6.07) is 5.82. The van der Waals surface area contributed by atoms with E-state index in [-0.39, 0.29) is 11.4 Å². The van der Waals surface area contributed by atoms with Crippen molar-refractivity contribution in [2.24, 2.45) is 0 Å². The van der Waals surface area contributed by atoms with Crippen molar-refractivity contribution in [2.75, 3.05) is 12.0 Å². The third-order valence-corrected chi connectivity index (χ3v) is 4.54. The van der Waals surface area contributed by atoms with Crippen molar-refractivity contribution in [3.05, 3.63) is 29.0 Å². The van der Waals surface area contributed by atoms with Crippen LogP contribution < -0.4 is 0 Å². The number of fused-ring (bicyclic) bond motifs is 1. The minimum Gasteiger partial charge on any atom is -0.324 e. The highest BCUT2D eigenvalue weighted by Gasteiger charge is 2.19. The monoisotopic (exact) mass is 332 g/mol. The molecule has 0 saturated carbocycles. The molecule has 0 radical (unpaired) electrons. The SMILES string of the molecule is CC(Cl)c1nc2ccc(Cl)cc2n1C(C)CCS(C)=O. The zero-order valence-corrected chi connectivity index (χ0v) is 14.1. The first-order valence-corrected chi connectivity index (χ1v) is 9.05. The molecule has 20 heavy (non-hydrogen) atoms. The Labute approximate surface area is 131 Å². The molecule has 0 bridgehead atoms. The smallest absolute Gasteiger partial charge is 0.127 e. The molecule has 0 amide bonds. The fourth-order valence-corrected chi connectivity index (χ4v) is 3.29. The molecule has 1 heterocycles. The van der Waals surface area contributed by atoms with Crippen LogP contribution in [0.5, 0.6) is 0 Å². The van der Waals surface area contributed by atoms with E-state index < -0.39 is 10.8 Å². The van der Waals surface area contributed by atoms with Gasteiger partial charge < -0.3 is 4.57 Å². The van der Waals surface area contributed by atoms with Gasteiger partial charge in [0.1, 0.15) is 5.82 Å². The van der Waals surface area contributed by atoms with Crippen LogP contribution >= 0.6 is 23.2 Å². The van der Waals surface area contributed by atoms with Gasteiger partial charge in [-0.1, -0.05) is 11.6 Å². The Morgan fingerprint density at radius 2 is 2.10 bits per heavy atom. The quantitative estimate of drug-likeness (QED) is 0.764. The Morgan fingerprint density at radius 1 is 1.40 bits per heavy atom. The summed E-state index contributed by atoms with van der Waals surface area (Å²) in [5, 5.41) is 0.495. The summed E-state index contributed by atoms with van der Waals surface area (Å²) >= 11 is 12.3. The third-order valence-electron chi connectivity index (χ3n) is 3.30. The van der Waals surface area contributed by atoms with E-state index in [1.807, 2.05) is 25.1 Å². The highest BCUT2D eigenvalue weighted by Crippen LogP contribution is 2.30. The molecular formula is C14H18Cl2N2OS. The maximum absolute atomic E-state index is 11.3. The predicted molar refractivity (Wildman–Crippen MR) is 87.3 cm³/mol. The second-order valence-corrected chi connectivity index (χ2v) is 7.65. The van der Waals surface area contributed by atoms with Crippen molar-refractivity contribution < 1.29 is 4.21 Å². The fourth-order valence-electron chi connectivity index (χ4n) is 2.29. The van der Waals surface area contributed by atoms with Gasteiger partial charge in [0.2, 0.25) is 0 Å². The minimum atomic E-state index is -0.796. The van der Waals surface area contributed by atoms with Crippen molar-refractivity contribution in [3.63, 3.8) is 0 Å². The number of imidazole rings is 1. The fraction of sp³-hybridized carbons (Fsp3) is 0.500. The van der Waals surface area contributed by atoms with Crippen LogP contribution in [0.3, 0.4) is 0 Å². The van der Waals surface area contributed by atoms with Gasteiger partial charge in [-0.2, -0.15) is 0 Å². The summed E-state index contributed by atoms with van der Waals surface area (Å²) in [6.45, 7) is 4.00. The Hall–Kier alpha value is -0.580. The van der Waals surface area contributed by atoms with Crippen LogP contribution in [0, 0.1) is 0 Å². The van der Waals surface area contributed by atoms with Gasteiger partial charge in [0.05, 0.1) is 16.4 Å². The van der Waals surface area contributed by atoms with Crippen molar-refractivity contribution in [1.29, 1.82) is 0 Å². The molecule has 3 atom stereocenters. The van der Waals surface area contributed by atoms with E-state index in [2.05, 4.69) is 16.5 Å². The lowest BCUT2D eigenvalue weighted by molar-refractivity contribution is 0.523. The standard InChI is InChI=1S/C14H18Cl2N2OS/c1-9(6-7-20(3)19)18-13-8-11(16)4-5-12(13)17-14(18)10(2)15/h4-5,8-10H,6-7H2,1-3H3. The summed E-state index contributed by atoms with van der Waals surface area (Å²) in [7, 11) is -0.796. The van der Waals surface area contributed by atoms with Gasteiger partial charge >= 0.3 is 0 Å². The molecule has 2 aromatic rings. The first kappa shape index (κ1) is 15.8. The molecule has 0 aliphatic heterocycles. The van der Waals surface area contributed by atoms with E-state index in [9.17, 15) is 4.21 Å². The summed E-state index contributed by atoms with van der Waals surface area (Å²) in [6.07, 6.45) is 2.54. The molecule has 0 N–H and O–H groups in total. The molecule has 0 spiro atoms. The average molecular weight is 333 g/mol. The van der Waals surface area contributed by atoms with Crippen molar-refractivity contribution >= 4 is 45.0 Å². The second kappa shape index (κ2) is 6.46. The van der Waals surface area contributed by atoms with Crippen LogP contribution in [-0.4, -0.2) is 25.8 Å². The largest absolute Gasteiger partial charge is 0.324 e. The molecule has 1 aromatic heterocycles. The molecule has 1 aromatic carbocycles. The lowest BCUT2D eigenvalue weighted by Crippen LogP contribution is -2.12. The normalized spacial score (nSPS) is 16.2. The number of alkyl halides is 1. The van der Waals surface area contributed by atoms with E-state index in [1.54, 1.807) is 6.26 Å². The van der Waals surface area contributed by atoms with Crippen molar-refractivity contribution in [2.45, 2.75) is 31.7 Å². The lowest BCUT2D eigenvalue weighted by Gasteiger charge is -2.18. The molecule has 6 heteroatoms. The van der Waals surface area contributed by atoms with Gasteiger partial charge in [-0.3, -0.25) is 4.21 Å². The number of rotatable bonds is 5. The maximum Gasteiger partial charge on any atom is 0.127 e. The van der Waals surface area contributed by atoms with E-state index in [0.29, 0.717) is 10.8 Å². The molecule has 0 aliphatic rings. The zero-order valence-electron chi connectivity index (χ0n) is 11.8. The van der Waals surface area contributed by atoms with Crippen LogP contribution in [0.1, 0.15) is 37.5 Å². The number of aromatic nitrogens is 2. The third kappa shape index (κ3) is 3.35. The van der Waals surface area contributed by atoms with Gasteiger partial charge in [-0.15, -0.1) is 11.6 Å². The van der Waals surface area contributed by atoms with Crippen molar-refractivity contribution in [3.8, 4) is 0 Å². The van der Waals surface area contributed by atoms with Gasteiger partial charge in [-0.25, -0.2) is 4.98 Å². The van der Waals surface area contributed by atoms with Gasteiger partial charge in [0.25, 0.3) is 0 Å². The molecule has 0 saturated heterocycles. The maximum atomic E-state index is 11.3. The zero-order chi connectivity index (χ0) is 14.9. The van der Waals surface area contributed by atoms with Gasteiger partial charge in [0.15, 0.2) is 0 Å². The minimum absolute atomic E-state index is 0.179. The highest BCUT2D eigenvalue weighted by atomic mass is 35.5. The summed E-state index contributed by atoms with van der Waals surface area (Å²) < 4.78 is 13.4. The topological polar surface area (TPSA) is 34.9 Å². The Balaban J connectivity index is 2.49. The number of nitrogens with zero attached hydrogens (tertiary/aromatic N) is 2. The summed E-state index contributed by atoms with van der Waals surface area (Å²) in [5.74, 6) is 1.50. The van der Waals surface area contributed by atoms with Crippen LogP contribution in [0.4, 0.5) is 0 Å². The molecule has 3 nitrogen and oxygen atoms in total.